The summed E-state index contributed by atoms with van der Waals surface area (Å²) in [5.74, 6) is -0.424. The molecule has 0 unspecified atom stereocenters. The Hall–Kier alpha value is -1.36. The van der Waals surface area contributed by atoms with Crippen molar-refractivity contribution in [1.82, 2.24) is 14.8 Å². The fourth-order valence-electron chi connectivity index (χ4n) is 1.84. The molecular weight excluding hydrogens is 454 g/mol. The molecule has 10 heteroatoms. The summed E-state index contributed by atoms with van der Waals surface area (Å²) < 4.78 is 32.6. The van der Waals surface area contributed by atoms with Crippen molar-refractivity contribution in [3.63, 3.8) is 0 Å². The molecule has 7 nitrogen and oxygen atoms in total. The summed E-state index contributed by atoms with van der Waals surface area (Å²) >= 11 is 6.45. The number of carbonyl (C=O) groups is 1. The number of halogens is 2. The van der Waals surface area contributed by atoms with Gasteiger partial charge in [0.15, 0.2) is 0 Å². The van der Waals surface area contributed by atoms with Crippen LogP contribution < -0.4 is 15.0 Å². The molecule has 1 aromatic heterocycles. The molecule has 0 aliphatic heterocycles. The summed E-state index contributed by atoms with van der Waals surface area (Å²) in [7, 11) is -0.957. The first-order valence-electron chi connectivity index (χ1n) is 6.22. The molecule has 1 heterocycles. The number of carbonyl (C=O) groups excluding carboxylic acids is 1. The Labute approximate surface area is 150 Å². The van der Waals surface area contributed by atoms with E-state index in [9.17, 15) is 13.2 Å². The van der Waals surface area contributed by atoms with Crippen LogP contribution in [0.2, 0.25) is 0 Å². The maximum atomic E-state index is 12.3. The predicted molar refractivity (Wildman–Crippen MR) is 91.6 cm³/mol. The first-order valence-corrected chi connectivity index (χ1v) is 9.29. The first-order chi connectivity index (χ1) is 10.7. The molecule has 0 aliphatic carbocycles. The normalized spacial score (nSPS) is 11.3. The molecule has 0 saturated heterocycles. The second-order valence-corrected chi connectivity index (χ2v) is 7.99. The number of aryl methyl sites for hydroxylation is 1. The van der Waals surface area contributed by atoms with E-state index in [1.165, 1.54) is 19.2 Å². The highest BCUT2D eigenvalue weighted by Gasteiger charge is 2.21. The number of ether oxygens (including phenoxy) is 1. The average molecular weight is 467 g/mol. The molecule has 0 aliphatic rings. The van der Waals surface area contributed by atoms with Crippen molar-refractivity contribution in [2.24, 2.45) is 7.05 Å². The van der Waals surface area contributed by atoms with E-state index in [4.69, 9.17) is 4.74 Å². The molecule has 23 heavy (non-hydrogen) atoms. The number of hydrogen-bond donors (Lipinski definition) is 2. The van der Waals surface area contributed by atoms with E-state index in [0.717, 1.165) is 0 Å². The molecular formula is C13H13Br2N3O4S. The summed E-state index contributed by atoms with van der Waals surface area (Å²) in [5.41, 5.74) is 2.47. The van der Waals surface area contributed by atoms with Gasteiger partial charge in [0.05, 0.1) is 7.11 Å². The lowest BCUT2D eigenvalue weighted by Crippen LogP contribution is -2.42. The molecule has 0 fully saturated rings. The number of nitrogens with zero attached hydrogens (tertiary/aromatic N) is 1. The molecule has 0 atom stereocenters. The summed E-state index contributed by atoms with van der Waals surface area (Å²) in [6.45, 7) is 0. The zero-order chi connectivity index (χ0) is 17.2. The van der Waals surface area contributed by atoms with Crippen molar-refractivity contribution < 1.29 is 17.9 Å². The molecule has 2 N–H and O–H groups in total. The zero-order valence-corrected chi connectivity index (χ0v) is 16.1. The van der Waals surface area contributed by atoms with Crippen molar-refractivity contribution >= 4 is 47.8 Å². The van der Waals surface area contributed by atoms with E-state index in [1.807, 2.05) is 0 Å². The van der Waals surface area contributed by atoms with E-state index in [2.05, 4.69) is 42.1 Å². The standard InChI is InChI=1S/C13H13Br2N3O4S/c1-18-7-9(15)5-10(18)13(19)16-17-23(20,21)12-6-8(14)3-4-11(12)22-2/h3-7,17H,1-2H3,(H,16,19). The van der Waals surface area contributed by atoms with E-state index >= 15 is 0 Å². The van der Waals surface area contributed by atoms with Crippen molar-refractivity contribution in [2.45, 2.75) is 4.90 Å². The Kier molecular flexibility index (Phi) is 5.50. The lowest BCUT2D eigenvalue weighted by molar-refractivity contribution is 0.0937. The number of amides is 1. The Morgan fingerprint density at radius 3 is 2.48 bits per heavy atom. The second kappa shape index (κ2) is 7.04. The van der Waals surface area contributed by atoms with Crippen LogP contribution >= 0.6 is 31.9 Å². The van der Waals surface area contributed by atoms with Crippen molar-refractivity contribution in [2.75, 3.05) is 7.11 Å². The van der Waals surface area contributed by atoms with Crippen molar-refractivity contribution in [1.29, 1.82) is 0 Å². The first kappa shape index (κ1) is 18.0. The third-order valence-corrected chi connectivity index (χ3v) is 5.11. The van der Waals surface area contributed by atoms with Gasteiger partial charge in [-0.3, -0.25) is 10.2 Å². The van der Waals surface area contributed by atoms with Crippen LogP contribution in [-0.2, 0) is 17.1 Å². The predicted octanol–water partition coefficient (Wildman–Crippen LogP) is 2.18. The summed E-state index contributed by atoms with van der Waals surface area (Å²) in [5, 5.41) is 0. The summed E-state index contributed by atoms with van der Waals surface area (Å²) in [4.78, 5) is 14.0. The van der Waals surface area contributed by atoms with Crippen LogP contribution in [0.3, 0.4) is 0 Å². The van der Waals surface area contributed by atoms with E-state index < -0.39 is 15.9 Å². The van der Waals surface area contributed by atoms with E-state index in [-0.39, 0.29) is 10.6 Å². The lowest BCUT2D eigenvalue weighted by Gasteiger charge is -2.12. The van der Waals surface area contributed by atoms with Crippen LogP contribution in [0.25, 0.3) is 0 Å². The van der Waals surface area contributed by atoms with Gasteiger partial charge in [0.1, 0.15) is 16.3 Å². The van der Waals surface area contributed by atoms with Crippen LogP contribution in [-0.4, -0.2) is 26.0 Å². The third-order valence-electron chi connectivity index (χ3n) is 2.92. The third kappa shape index (κ3) is 4.14. The van der Waals surface area contributed by atoms with Crippen LogP contribution in [0.15, 0.2) is 44.3 Å². The Balaban J connectivity index is 2.21. The van der Waals surface area contributed by atoms with Gasteiger partial charge in [-0.1, -0.05) is 15.9 Å². The molecule has 0 radical (unpaired) electrons. The Bertz CT molecular complexity index is 849. The van der Waals surface area contributed by atoms with Gasteiger partial charge < -0.3 is 9.30 Å². The number of hydrogen-bond acceptors (Lipinski definition) is 4. The van der Waals surface area contributed by atoms with E-state index in [0.29, 0.717) is 14.6 Å². The van der Waals surface area contributed by atoms with Crippen LogP contribution in [0.1, 0.15) is 10.5 Å². The number of rotatable bonds is 5. The van der Waals surface area contributed by atoms with E-state index in [1.54, 1.807) is 29.9 Å². The quantitative estimate of drug-likeness (QED) is 0.661. The Morgan fingerprint density at radius 2 is 1.91 bits per heavy atom. The summed E-state index contributed by atoms with van der Waals surface area (Å²) in [6, 6.07) is 6.11. The Morgan fingerprint density at radius 1 is 1.22 bits per heavy atom. The van der Waals surface area contributed by atoms with Crippen LogP contribution in [0, 0.1) is 0 Å². The largest absolute Gasteiger partial charge is 0.495 e. The minimum absolute atomic E-state index is 0.0947. The fraction of sp³-hybridized carbons (Fsp3) is 0.154. The van der Waals surface area contributed by atoms with Gasteiger partial charge >= 0.3 is 0 Å². The number of aromatic nitrogens is 1. The molecule has 0 saturated carbocycles. The topological polar surface area (TPSA) is 89.4 Å². The molecule has 2 rings (SSSR count). The SMILES string of the molecule is COc1ccc(Br)cc1S(=O)(=O)NNC(=O)c1cc(Br)cn1C. The molecule has 1 aromatic carbocycles. The zero-order valence-electron chi connectivity index (χ0n) is 12.1. The van der Waals surface area contributed by atoms with Crippen LogP contribution in [0.4, 0.5) is 0 Å². The number of hydrazine groups is 1. The molecule has 0 bridgehead atoms. The van der Waals surface area contributed by atoms with Crippen molar-refractivity contribution in [3.8, 4) is 5.75 Å². The van der Waals surface area contributed by atoms with Crippen molar-refractivity contribution in [3.05, 3.63) is 45.1 Å². The number of sulfonamides is 1. The average Bonchev–Trinajstić information content (AvgIpc) is 2.83. The monoisotopic (exact) mass is 465 g/mol. The fourth-order valence-corrected chi connectivity index (χ4v) is 3.91. The van der Waals surface area contributed by atoms with Gasteiger partial charge in [-0.05, 0) is 40.2 Å². The van der Waals surface area contributed by atoms with Gasteiger partial charge in [0.2, 0.25) is 0 Å². The number of benzene rings is 1. The molecule has 0 spiro atoms. The minimum Gasteiger partial charge on any atom is -0.495 e. The number of nitrogens with one attached hydrogen (secondary N) is 2. The highest BCUT2D eigenvalue weighted by molar-refractivity contribution is 9.10. The summed E-state index contributed by atoms with van der Waals surface area (Å²) in [6.07, 6.45) is 1.68. The van der Waals surface area contributed by atoms with Crippen LogP contribution in [0.5, 0.6) is 5.75 Å². The van der Waals surface area contributed by atoms with Gasteiger partial charge in [0.25, 0.3) is 15.9 Å². The molecule has 124 valence electrons. The lowest BCUT2D eigenvalue weighted by atomic mass is 10.3. The highest BCUT2D eigenvalue weighted by Crippen LogP contribution is 2.26. The second-order valence-electron chi connectivity index (χ2n) is 4.51. The number of methoxy groups -OCH3 is 1. The maximum Gasteiger partial charge on any atom is 0.282 e. The minimum atomic E-state index is -3.99. The molecule has 1 amide bonds. The smallest absolute Gasteiger partial charge is 0.282 e. The molecule has 2 aromatic rings. The maximum absolute atomic E-state index is 12.3. The highest BCUT2D eigenvalue weighted by atomic mass is 79.9. The van der Waals surface area contributed by atoms with Gasteiger partial charge in [-0.25, -0.2) is 8.42 Å². The van der Waals surface area contributed by atoms with Gasteiger partial charge in [0, 0.05) is 22.2 Å². The van der Waals surface area contributed by atoms with Gasteiger partial charge in [-0.2, -0.15) is 0 Å². The van der Waals surface area contributed by atoms with Gasteiger partial charge in [-0.15, -0.1) is 4.83 Å².